The Morgan fingerprint density at radius 3 is 2.91 bits per heavy atom. The van der Waals surface area contributed by atoms with Crippen LogP contribution >= 0.6 is 11.6 Å². The first kappa shape index (κ1) is 14.9. The third-order valence-corrected chi connectivity index (χ3v) is 4.05. The second-order valence-electron chi connectivity index (χ2n) is 5.17. The summed E-state index contributed by atoms with van der Waals surface area (Å²) in [6.07, 6.45) is 0.610. The van der Waals surface area contributed by atoms with Gasteiger partial charge in [-0.1, -0.05) is 35.9 Å². The van der Waals surface area contributed by atoms with Crippen molar-refractivity contribution in [2.45, 2.75) is 18.9 Å². The molecule has 3 nitrogen and oxygen atoms in total. The van der Waals surface area contributed by atoms with Gasteiger partial charge in [-0.05, 0) is 18.2 Å². The molecule has 1 heterocycles. The fraction of sp³-hybridized carbons (Fsp3) is 0.235. The van der Waals surface area contributed by atoms with Gasteiger partial charge in [-0.25, -0.2) is 4.39 Å². The highest BCUT2D eigenvalue weighted by molar-refractivity contribution is 6.31. The Morgan fingerprint density at radius 1 is 1.27 bits per heavy atom. The monoisotopic (exact) mass is 319 g/mol. The molecule has 0 saturated carbocycles. The predicted molar refractivity (Wildman–Crippen MR) is 82.6 cm³/mol. The number of nitrogens with one attached hydrogen (secondary N) is 1. The number of halogens is 2. The molecule has 114 valence electrons. The molecular weight excluding hydrogens is 305 g/mol. The van der Waals surface area contributed by atoms with Crippen molar-refractivity contribution in [3.05, 3.63) is 64.4 Å². The van der Waals surface area contributed by atoms with Crippen molar-refractivity contribution in [3.8, 4) is 5.75 Å². The van der Waals surface area contributed by atoms with E-state index in [1.807, 2.05) is 24.3 Å². The van der Waals surface area contributed by atoms with Crippen molar-refractivity contribution in [1.29, 1.82) is 0 Å². The fourth-order valence-electron chi connectivity index (χ4n) is 2.60. The van der Waals surface area contributed by atoms with Gasteiger partial charge in [0.2, 0.25) is 5.91 Å². The number of rotatable bonds is 3. The SMILES string of the molecule is O=C(Cc1c(F)cccc1Cl)N[C@H]1CCOc2ccccc21. The quantitative estimate of drug-likeness (QED) is 0.937. The minimum absolute atomic E-state index is 0.0783. The molecule has 0 radical (unpaired) electrons. The summed E-state index contributed by atoms with van der Waals surface area (Å²) >= 11 is 5.96. The highest BCUT2D eigenvalue weighted by Gasteiger charge is 2.23. The van der Waals surface area contributed by atoms with Crippen molar-refractivity contribution in [2.24, 2.45) is 0 Å². The summed E-state index contributed by atoms with van der Waals surface area (Å²) in [5.74, 6) is 0.0618. The van der Waals surface area contributed by atoms with Crippen LogP contribution in [0.3, 0.4) is 0 Å². The van der Waals surface area contributed by atoms with E-state index in [0.717, 1.165) is 11.3 Å². The number of amides is 1. The zero-order valence-electron chi connectivity index (χ0n) is 11.8. The summed E-state index contributed by atoms with van der Waals surface area (Å²) in [6.45, 7) is 0.544. The van der Waals surface area contributed by atoms with Gasteiger partial charge in [-0.15, -0.1) is 0 Å². The number of hydrogen-bond donors (Lipinski definition) is 1. The molecule has 2 aromatic rings. The number of hydrogen-bond acceptors (Lipinski definition) is 2. The maximum atomic E-state index is 13.7. The second-order valence-corrected chi connectivity index (χ2v) is 5.58. The largest absolute Gasteiger partial charge is 0.493 e. The van der Waals surface area contributed by atoms with Crippen LogP contribution in [0.4, 0.5) is 4.39 Å². The Bertz CT molecular complexity index is 685. The lowest BCUT2D eigenvalue weighted by atomic mass is 10.00. The van der Waals surface area contributed by atoms with Crippen LogP contribution in [0.2, 0.25) is 5.02 Å². The third kappa shape index (κ3) is 3.07. The molecule has 1 aliphatic rings. The van der Waals surface area contributed by atoms with Crippen molar-refractivity contribution in [3.63, 3.8) is 0 Å². The lowest BCUT2D eigenvalue weighted by Gasteiger charge is -2.26. The van der Waals surface area contributed by atoms with Crippen molar-refractivity contribution >= 4 is 17.5 Å². The van der Waals surface area contributed by atoms with E-state index in [1.165, 1.54) is 12.1 Å². The van der Waals surface area contributed by atoms with Gasteiger partial charge in [0.15, 0.2) is 0 Å². The van der Waals surface area contributed by atoms with E-state index in [9.17, 15) is 9.18 Å². The maximum Gasteiger partial charge on any atom is 0.225 e. The molecule has 0 spiro atoms. The molecule has 0 unspecified atom stereocenters. The first-order valence-electron chi connectivity index (χ1n) is 7.09. The van der Waals surface area contributed by atoms with E-state index < -0.39 is 5.82 Å². The Balaban J connectivity index is 1.73. The van der Waals surface area contributed by atoms with E-state index in [4.69, 9.17) is 16.3 Å². The molecule has 0 aliphatic carbocycles. The number of para-hydroxylation sites is 1. The standard InChI is InChI=1S/C17H15ClFNO2/c18-13-5-3-6-14(19)12(13)10-17(21)20-15-8-9-22-16-7-2-1-4-11(15)16/h1-7,15H,8-10H2,(H,20,21)/t15-/m0/s1. The van der Waals surface area contributed by atoms with E-state index in [0.29, 0.717) is 13.0 Å². The molecule has 1 N–H and O–H groups in total. The van der Waals surface area contributed by atoms with Crippen LogP contribution in [0.15, 0.2) is 42.5 Å². The number of benzene rings is 2. The van der Waals surface area contributed by atoms with Crippen LogP contribution in [-0.2, 0) is 11.2 Å². The maximum absolute atomic E-state index is 13.7. The number of carbonyl (C=O) groups excluding carboxylic acids is 1. The molecule has 22 heavy (non-hydrogen) atoms. The summed E-state index contributed by atoms with van der Waals surface area (Å²) in [7, 11) is 0. The van der Waals surface area contributed by atoms with Crippen LogP contribution in [0.5, 0.6) is 5.75 Å². The van der Waals surface area contributed by atoms with Gasteiger partial charge in [0.25, 0.3) is 0 Å². The first-order chi connectivity index (χ1) is 10.6. The Kier molecular flexibility index (Phi) is 4.29. The molecule has 1 amide bonds. The van der Waals surface area contributed by atoms with E-state index >= 15 is 0 Å². The first-order valence-corrected chi connectivity index (χ1v) is 7.47. The van der Waals surface area contributed by atoms with Crippen molar-refractivity contribution in [2.75, 3.05) is 6.61 Å². The lowest BCUT2D eigenvalue weighted by molar-refractivity contribution is -0.121. The minimum Gasteiger partial charge on any atom is -0.493 e. The molecule has 1 aliphatic heterocycles. The topological polar surface area (TPSA) is 38.3 Å². The Morgan fingerprint density at radius 2 is 2.09 bits per heavy atom. The average Bonchev–Trinajstić information content (AvgIpc) is 2.51. The average molecular weight is 320 g/mol. The fourth-order valence-corrected chi connectivity index (χ4v) is 2.83. The molecule has 3 rings (SSSR count). The van der Waals surface area contributed by atoms with Crippen molar-refractivity contribution < 1.29 is 13.9 Å². The third-order valence-electron chi connectivity index (χ3n) is 3.69. The minimum atomic E-state index is -0.463. The van der Waals surface area contributed by atoms with E-state index in [-0.39, 0.29) is 29.0 Å². The van der Waals surface area contributed by atoms with Crippen LogP contribution in [-0.4, -0.2) is 12.5 Å². The molecule has 0 bridgehead atoms. The Labute approximate surface area is 133 Å². The summed E-state index contributed by atoms with van der Waals surface area (Å²) in [4.78, 5) is 12.2. The molecule has 0 saturated heterocycles. The number of carbonyl (C=O) groups is 1. The molecule has 5 heteroatoms. The van der Waals surface area contributed by atoms with Crippen LogP contribution in [0.1, 0.15) is 23.6 Å². The zero-order valence-corrected chi connectivity index (χ0v) is 12.6. The van der Waals surface area contributed by atoms with Gasteiger partial charge < -0.3 is 10.1 Å². The number of ether oxygens (including phenoxy) is 1. The van der Waals surface area contributed by atoms with E-state index in [2.05, 4.69) is 5.32 Å². The van der Waals surface area contributed by atoms with E-state index in [1.54, 1.807) is 6.07 Å². The molecule has 1 atom stereocenters. The van der Waals surface area contributed by atoms with Gasteiger partial charge in [0, 0.05) is 22.6 Å². The van der Waals surface area contributed by atoms with Gasteiger partial charge in [0.1, 0.15) is 11.6 Å². The lowest BCUT2D eigenvalue weighted by Crippen LogP contribution is -2.33. The summed E-state index contributed by atoms with van der Waals surface area (Å²) in [5.41, 5.74) is 1.17. The summed E-state index contributed by atoms with van der Waals surface area (Å²) in [6, 6.07) is 11.9. The second kappa shape index (κ2) is 6.36. The predicted octanol–water partition coefficient (Wildman–Crippen LogP) is 3.66. The molecule has 2 aromatic carbocycles. The molecule has 0 fully saturated rings. The van der Waals surface area contributed by atoms with Gasteiger partial charge in [-0.2, -0.15) is 0 Å². The summed E-state index contributed by atoms with van der Waals surface area (Å²) < 4.78 is 19.3. The smallest absolute Gasteiger partial charge is 0.225 e. The van der Waals surface area contributed by atoms with Crippen LogP contribution in [0, 0.1) is 5.82 Å². The van der Waals surface area contributed by atoms with Gasteiger partial charge in [-0.3, -0.25) is 4.79 Å². The van der Waals surface area contributed by atoms with Crippen LogP contribution < -0.4 is 10.1 Å². The number of fused-ring (bicyclic) bond motifs is 1. The molecular formula is C17H15ClFNO2. The van der Waals surface area contributed by atoms with Gasteiger partial charge >= 0.3 is 0 Å². The van der Waals surface area contributed by atoms with Crippen molar-refractivity contribution in [1.82, 2.24) is 5.32 Å². The highest BCUT2D eigenvalue weighted by Crippen LogP contribution is 2.31. The zero-order chi connectivity index (χ0) is 15.5. The normalized spacial score (nSPS) is 16.5. The van der Waals surface area contributed by atoms with Gasteiger partial charge in [0.05, 0.1) is 19.1 Å². The molecule has 0 aromatic heterocycles. The summed E-state index contributed by atoms with van der Waals surface area (Å²) in [5, 5.41) is 3.20. The Hall–Kier alpha value is -2.07. The highest BCUT2D eigenvalue weighted by atomic mass is 35.5. The van der Waals surface area contributed by atoms with Crippen LogP contribution in [0.25, 0.3) is 0 Å².